The van der Waals surface area contributed by atoms with E-state index in [1.54, 1.807) is 0 Å². The van der Waals surface area contributed by atoms with Crippen LogP contribution < -0.4 is 5.73 Å². The fraction of sp³-hybridized carbons (Fsp3) is 0.750. The van der Waals surface area contributed by atoms with Gasteiger partial charge in [-0.15, -0.1) is 0 Å². The fourth-order valence-electron chi connectivity index (χ4n) is 3.28. The molecule has 1 fully saturated rings. The highest BCUT2D eigenvalue weighted by Crippen LogP contribution is 2.61. The van der Waals surface area contributed by atoms with E-state index in [9.17, 15) is 0 Å². The molecule has 0 amide bonds. The van der Waals surface area contributed by atoms with Crippen molar-refractivity contribution < 1.29 is 0 Å². The zero-order valence-electron chi connectivity index (χ0n) is 9.34. The molecule has 0 radical (unpaired) electrons. The molecule has 2 aliphatic rings. The largest absolute Gasteiger partial charge is 0.330 e. The smallest absolute Gasteiger partial charge is 0.0657 e. The van der Waals surface area contributed by atoms with Crippen LogP contribution in [0.3, 0.4) is 0 Å². The Morgan fingerprint density at radius 1 is 1.47 bits per heavy atom. The second-order valence-corrected chi connectivity index (χ2v) is 5.07. The van der Waals surface area contributed by atoms with E-state index in [1.807, 2.05) is 0 Å². The molecule has 1 saturated carbocycles. The van der Waals surface area contributed by atoms with Crippen molar-refractivity contribution in [3.05, 3.63) is 17.0 Å². The van der Waals surface area contributed by atoms with Gasteiger partial charge in [0.2, 0.25) is 0 Å². The minimum Gasteiger partial charge on any atom is -0.330 e. The van der Waals surface area contributed by atoms with Crippen LogP contribution >= 0.6 is 0 Å². The highest BCUT2D eigenvalue weighted by Gasteiger charge is 2.52. The van der Waals surface area contributed by atoms with Gasteiger partial charge in [0, 0.05) is 17.2 Å². The minimum absolute atomic E-state index is 0.565. The van der Waals surface area contributed by atoms with Gasteiger partial charge in [-0.3, -0.25) is 5.10 Å². The van der Waals surface area contributed by atoms with Crippen molar-refractivity contribution in [2.75, 3.05) is 6.54 Å². The summed E-state index contributed by atoms with van der Waals surface area (Å²) in [5.41, 5.74) is 10.6. The number of nitrogens with zero attached hydrogens (tertiary/aromatic N) is 1. The van der Waals surface area contributed by atoms with Crippen LogP contribution in [0.25, 0.3) is 0 Å². The fourth-order valence-corrected chi connectivity index (χ4v) is 3.28. The number of hydrogen-bond acceptors (Lipinski definition) is 2. The maximum absolute atomic E-state index is 5.97. The second kappa shape index (κ2) is 3.08. The Morgan fingerprint density at radius 3 is 2.87 bits per heavy atom. The Balaban J connectivity index is 2.07. The summed E-state index contributed by atoms with van der Waals surface area (Å²) < 4.78 is 0. The van der Waals surface area contributed by atoms with Gasteiger partial charge < -0.3 is 5.73 Å². The van der Waals surface area contributed by atoms with Crippen LogP contribution in [0.5, 0.6) is 0 Å². The lowest BCUT2D eigenvalue weighted by atomic mass is 9.74. The Bertz CT molecular complexity index is 363. The van der Waals surface area contributed by atoms with E-state index in [0.717, 1.165) is 13.0 Å². The normalized spacial score (nSPS) is 26.7. The minimum atomic E-state index is 0.565. The molecule has 3 heteroatoms. The number of hydrogen-bond donors (Lipinski definition) is 2. The number of H-pyrrole nitrogens is 1. The van der Waals surface area contributed by atoms with Gasteiger partial charge in [0.15, 0.2) is 0 Å². The van der Waals surface area contributed by atoms with E-state index in [-0.39, 0.29) is 0 Å². The summed E-state index contributed by atoms with van der Waals surface area (Å²) >= 11 is 0. The van der Waals surface area contributed by atoms with Crippen molar-refractivity contribution in [1.82, 2.24) is 10.2 Å². The number of rotatable bonds is 2. The van der Waals surface area contributed by atoms with Gasteiger partial charge in [-0.2, -0.15) is 5.10 Å². The van der Waals surface area contributed by atoms with Gasteiger partial charge in [-0.25, -0.2) is 0 Å². The van der Waals surface area contributed by atoms with Crippen molar-refractivity contribution in [2.24, 2.45) is 11.1 Å². The summed E-state index contributed by atoms with van der Waals surface area (Å²) in [6.45, 7) is 2.97. The molecule has 82 valence electrons. The Morgan fingerprint density at radius 2 is 2.27 bits per heavy atom. The molecule has 3 N–H and O–H groups in total. The van der Waals surface area contributed by atoms with Crippen LogP contribution in [0, 0.1) is 5.41 Å². The SMILES string of the molecule is CCc1n[nH]c2c1C(CN)C1(CC2)CC1. The monoisotopic (exact) mass is 205 g/mol. The maximum atomic E-state index is 5.97. The summed E-state index contributed by atoms with van der Waals surface area (Å²) in [5, 5.41) is 7.63. The third-order valence-electron chi connectivity index (χ3n) is 4.39. The van der Waals surface area contributed by atoms with Crippen molar-refractivity contribution in [1.29, 1.82) is 0 Å². The molecular formula is C12H19N3. The van der Waals surface area contributed by atoms with Gasteiger partial charge in [0.1, 0.15) is 0 Å². The van der Waals surface area contributed by atoms with Crippen molar-refractivity contribution in [2.45, 2.75) is 44.9 Å². The molecular weight excluding hydrogens is 186 g/mol. The molecule has 3 rings (SSSR count). The quantitative estimate of drug-likeness (QED) is 0.772. The maximum Gasteiger partial charge on any atom is 0.0657 e. The van der Waals surface area contributed by atoms with E-state index in [2.05, 4.69) is 17.1 Å². The summed E-state index contributed by atoms with van der Waals surface area (Å²) in [4.78, 5) is 0. The first kappa shape index (κ1) is 9.40. The van der Waals surface area contributed by atoms with Gasteiger partial charge in [0.25, 0.3) is 0 Å². The van der Waals surface area contributed by atoms with Crippen LogP contribution in [-0.4, -0.2) is 16.7 Å². The van der Waals surface area contributed by atoms with E-state index < -0.39 is 0 Å². The number of aromatic nitrogens is 2. The molecule has 3 nitrogen and oxygen atoms in total. The second-order valence-electron chi connectivity index (χ2n) is 5.07. The Labute approximate surface area is 90.4 Å². The number of aromatic amines is 1. The van der Waals surface area contributed by atoms with Gasteiger partial charge in [0.05, 0.1) is 5.69 Å². The molecule has 1 spiro atoms. The van der Waals surface area contributed by atoms with Gasteiger partial charge in [-0.1, -0.05) is 6.92 Å². The summed E-state index contributed by atoms with van der Waals surface area (Å²) in [6.07, 6.45) is 6.27. The summed E-state index contributed by atoms with van der Waals surface area (Å²) in [6, 6.07) is 0. The first-order valence-electron chi connectivity index (χ1n) is 6.07. The van der Waals surface area contributed by atoms with Crippen molar-refractivity contribution in [3.63, 3.8) is 0 Å². The van der Waals surface area contributed by atoms with E-state index >= 15 is 0 Å². The first-order valence-corrected chi connectivity index (χ1v) is 6.07. The average molecular weight is 205 g/mol. The number of aryl methyl sites for hydroxylation is 2. The van der Waals surface area contributed by atoms with Gasteiger partial charge >= 0.3 is 0 Å². The van der Waals surface area contributed by atoms with Crippen LogP contribution in [0.1, 0.15) is 49.1 Å². The Hall–Kier alpha value is -0.830. The predicted molar refractivity (Wildman–Crippen MR) is 59.7 cm³/mol. The standard InChI is InChI=1S/C12H19N3/c1-2-9-11-8(7-13)12(5-6-12)4-3-10(11)15-14-9/h8H,2-7,13H2,1H3,(H,14,15). The Kier molecular flexibility index (Phi) is 1.93. The molecule has 1 atom stereocenters. The summed E-state index contributed by atoms with van der Waals surface area (Å²) in [7, 11) is 0. The summed E-state index contributed by atoms with van der Waals surface area (Å²) in [5.74, 6) is 0.579. The molecule has 1 unspecified atom stereocenters. The zero-order chi connectivity index (χ0) is 10.5. The van der Waals surface area contributed by atoms with Crippen LogP contribution in [-0.2, 0) is 12.8 Å². The van der Waals surface area contributed by atoms with E-state index in [4.69, 9.17) is 5.73 Å². The molecule has 0 aromatic carbocycles. The average Bonchev–Trinajstić information content (AvgIpc) is 2.91. The lowest BCUT2D eigenvalue weighted by Gasteiger charge is -2.31. The first-order chi connectivity index (χ1) is 7.30. The van der Waals surface area contributed by atoms with Gasteiger partial charge in [-0.05, 0) is 44.1 Å². The molecule has 1 heterocycles. The topological polar surface area (TPSA) is 54.7 Å². The zero-order valence-corrected chi connectivity index (χ0v) is 9.34. The highest BCUT2D eigenvalue weighted by molar-refractivity contribution is 5.36. The molecule has 1 aromatic rings. The number of fused-ring (bicyclic) bond motifs is 1. The molecule has 1 aromatic heterocycles. The molecule has 0 saturated heterocycles. The molecule has 0 aliphatic heterocycles. The molecule has 2 aliphatic carbocycles. The van der Waals surface area contributed by atoms with Crippen LogP contribution in [0.15, 0.2) is 0 Å². The molecule has 15 heavy (non-hydrogen) atoms. The number of nitrogens with two attached hydrogens (primary N) is 1. The third-order valence-corrected chi connectivity index (χ3v) is 4.39. The van der Waals surface area contributed by atoms with E-state index in [1.165, 1.54) is 42.6 Å². The third kappa shape index (κ3) is 1.19. The van der Waals surface area contributed by atoms with Crippen molar-refractivity contribution >= 4 is 0 Å². The van der Waals surface area contributed by atoms with E-state index in [0.29, 0.717) is 11.3 Å². The predicted octanol–water partition coefficient (Wildman–Crippen LogP) is 1.74. The van der Waals surface area contributed by atoms with Crippen LogP contribution in [0.4, 0.5) is 0 Å². The van der Waals surface area contributed by atoms with Crippen molar-refractivity contribution in [3.8, 4) is 0 Å². The van der Waals surface area contributed by atoms with Crippen LogP contribution in [0.2, 0.25) is 0 Å². The lowest BCUT2D eigenvalue weighted by Crippen LogP contribution is -2.28. The molecule has 0 bridgehead atoms. The number of nitrogens with one attached hydrogen (secondary N) is 1. The highest BCUT2D eigenvalue weighted by atomic mass is 15.1. The lowest BCUT2D eigenvalue weighted by molar-refractivity contribution is 0.349.